The number of nitrogens with zero attached hydrogens (tertiary/aromatic N) is 1. The van der Waals surface area contributed by atoms with Crippen molar-refractivity contribution in [3.63, 3.8) is 0 Å². The molecule has 16 heavy (non-hydrogen) atoms. The number of hydrogen-bond donors (Lipinski definition) is 1. The van der Waals surface area contributed by atoms with Crippen LogP contribution in [0, 0.1) is 17.6 Å². The lowest BCUT2D eigenvalue weighted by Crippen LogP contribution is -2.19. The number of benzene rings is 1. The van der Waals surface area contributed by atoms with E-state index in [1.807, 2.05) is 0 Å². The highest BCUT2D eigenvalue weighted by Gasteiger charge is 2.15. The number of rotatable bonds is 1. The summed E-state index contributed by atoms with van der Waals surface area (Å²) in [6.07, 6.45) is 0. The van der Waals surface area contributed by atoms with Crippen molar-refractivity contribution in [3.8, 4) is 0 Å². The van der Waals surface area contributed by atoms with Crippen LogP contribution in [0.1, 0.15) is 6.92 Å². The third-order valence-electron chi connectivity index (χ3n) is 2.25. The standard InChI is InChI=1S/C11H12F2N2S/c1-7-5-14-11(16-6-7)15-10-8(12)3-2-4-9(10)13/h2-4,7H,5-6H2,1H3,(H,14,15). The minimum absolute atomic E-state index is 0.122. The van der Waals surface area contributed by atoms with Crippen molar-refractivity contribution in [2.75, 3.05) is 17.6 Å². The van der Waals surface area contributed by atoms with Crippen LogP contribution < -0.4 is 5.32 Å². The first-order valence-electron chi connectivity index (χ1n) is 5.05. The summed E-state index contributed by atoms with van der Waals surface area (Å²) in [7, 11) is 0. The molecule has 1 heterocycles. The van der Waals surface area contributed by atoms with Gasteiger partial charge in [0.1, 0.15) is 17.3 Å². The van der Waals surface area contributed by atoms with Crippen molar-refractivity contribution in [1.29, 1.82) is 0 Å². The van der Waals surface area contributed by atoms with E-state index in [2.05, 4.69) is 17.2 Å². The Morgan fingerprint density at radius 1 is 1.38 bits per heavy atom. The zero-order chi connectivity index (χ0) is 11.5. The lowest BCUT2D eigenvalue weighted by Gasteiger charge is -2.18. The summed E-state index contributed by atoms with van der Waals surface area (Å²) in [4.78, 5) is 4.22. The summed E-state index contributed by atoms with van der Waals surface area (Å²) in [5, 5.41) is 3.29. The normalized spacial score (nSPS) is 20.4. The molecule has 5 heteroatoms. The lowest BCUT2D eigenvalue weighted by atomic mass is 10.2. The molecule has 1 aromatic rings. The number of hydrogen-bond acceptors (Lipinski definition) is 3. The Balaban J connectivity index is 2.15. The summed E-state index contributed by atoms with van der Waals surface area (Å²) in [5.41, 5.74) is -0.122. The Labute approximate surface area is 97.1 Å². The van der Waals surface area contributed by atoms with E-state index in [1.54, 1.807) is 0 Å². The second kappa shape index (κ2) is 4.82. The summed E-state index contributed by atoms with van der Waals surface area (Å²) in [6, 6.07) is 3.79. The maximum atomic E-state index is 13.3. The van der Waals surface area contributed by atoms with Gasteiger partial charge in [0.15, 0.2) is 5.17 Å². The number of amidine groups is 1. The van der Waals surface area contributed by atoms with Crippen molar-refractivity contribution in [1.82, 2.24) is 0 Å². The Morgan fingerprint density at radius 3 is 2.62 bits per heavy atom. The fourth-order valence-electron chi connectivity index (χ4n) is 1.36. The molecule has 0 amide bonds. The highest BCUT2D eigenvalue weighted by molar-refractivity contribution is 8.14. The van der Waals surface area contributed by atoms with Crippen LogP contribution in [-0.2, 0) is 0 Å². The molecule has 1 N–H and O–H groups in total. The van der Waals surface area contributed by atoms with Gasteiger partial charge in [-0.1, -0.05) is 24.8 Å². The van der Waals surface area contributed by atoms with Crippen LogP contribution in [0.2, 0.25) is 0 Å². The molecule has 86 valence electrons. The monoisotopic (exact) mass is 242 g/mol. The van der Waals surface area contributed by atoms with E-state index in [0.29, 0.717) is 17.6 Å². The molecule has 0 saturated carbocycles. The molecule has 1 aliphatic heterocycles. The zero-order valence-corrected chi connectivity index (χ0v) is 9.65. The number of anilines is 1. The van der Waals surface area contributed by atoms with Gasteiger partial charge in [-0.2, -0.15) is 0 Å². The molecule has 0 saturated heterocycles. The molecule has 0 aromatic heterocycles. The highest BCUT2D eigenvalue weighted by atomic mass is 32.2. The van der Waals surface area contributed by atoms with Crippen LogP contribution in [0.5, 0.6) is 0 Å². The zero-order valence-electron chi connectivity index (χ0n) is 8.84. The fraction of sp³-hybridized carbons (Fsp3) is 0.364. The van der Waals surface area contributed by atoms with Crippen molar-refractivity contribution >= 4 is 22.6 Å². The molecule has 0 aliphatic carbocycles. The average Bonchev–Trinajstić information content (AvgIpc) is 2.26. The maximum Gasteiger partial charge on any atom is 0.161 e. The second-order valence-corrected chi connectivity index (χ2v) is 4.79. The van der Waals surface area contributed by atoms with Gasteiger partial charge in [-0.05, 0) is 18.1 Å². The van der Waals surface area contributed by atoms with Crippen LogP contribution in [0.4, 0.5) is 14.5 Å². The van der Waals surface area contributed by atoms with Crippen molar-refractivity contribution < 1.29 is 8.78 Å². The van der Waals surface area contributed by atoms with E-state index in [4.69, 9.17) is 0 Å². The van der Waals surface area contributed by atoms with Crippen molar-refractivity contribution in [3.05, 3.63) is 29.8 Å². The minimum atomic E-state index is -0.595. The van der Waals surface area contributed by atoms with E-state index < -0.39 is 11.6 Å². The number of para-hydroxylation sites is 1. The van der Waals surface area contributed by atoms with Gasteiger partial charge in [0, 0.05) is 12.3 Å². The molecule has 0 bridgehead atoms. The predicted molar refractivity (Wildman–Crippen MR) is 63.9 cm³/mol. The van der Waals surface area contributed by atoms with E-state index in [1.165, 1.54) is 30.0 Å². The van der Waals surface area contributed by atoms with Crippen LogP contribution in [0.3, 0.4) is 0 Å². The van der Waals surface area contributed by atoms with Gasteiger partial charge in [0.25, 0.3) is 0 Å². The van der Waals surface area contributed by atoms with Gasteiger partial charge in [-0.3, -0.25) is 4.99 Å². The van der Waals surface area contributed by atoms with Crippen LogP contribution >= 0.6 is 11.8 Å². The number of thioether (sulfide) groups is 1. The van der Waals surface area contributed by atoms with Gasteiger partial charge in [0.05, 0.1) is 0 Å². The lowest BCUT2D eigenvalue weighted by molar-refractivity contribution is 0.591. The molecule has 1 aliphatic rings. The first-order valence-corrected chi connectivity index (χ1v) is 6.03. The van der Waals surface area contributed by atoms with Crippen LogP contribution in [-0.4, -0.2) is 17.5 Å². The third-order valence-corrected chi connectivity index (χ3v) is 3.49. The average molecular weight is 242 g/mol. The molecular formula is C11H12F2N2S. The Kier molecular flexibility index (Phi) is 3.43. The molecular weight excluding hydrogens is 230 g/mol. The first kappa shape index (κ1) is 11.4. The van der Waals surface area contributed by atoms with E-state index in [-0.39, 0.29) is 5.69 Å². The Bertz CT molecular complexity index is 400. The quantitative estimate of drug-likeness (QED) is 0.818. The van der Waals surface area contributed by atoms with Gasteiger partial charge >= 0.3 is 0 Å². The van der Waals surface area contributed by atoms with Gasteiger partial charge < -0.3 is 5.32 Å². The molecule has 2 rings (SSSR count). The summed E-state index contributed by atoms with van der Waals surface area (Å²) >= 11 is 1.49. The van der Waals surface area contributed by atoms with Crippen LogP contribution in [0.15, 0.2) is 23.2 Å². The SMILES string of the molecule is CC1CN=C(Nc2c(F)cccc2F)SC1. The van der Waals surface area contributed by atoms with Crippen LogP contribution in [0.25, 0.3) is 0 Å². The molecule has 1 aromatic carbocycles. The second-order valence-electron chi connectivity index (χ2n) is 3.78. The van der Waals surface area contributed by atoms with E-state index in [9.17, 15) is 8.78 Å². The highest BCUT2D eigenvalue weighted by Crippen LogP contribution is 2.23. The van der Waals surface area contributed by atoms with Gasteiger partial charge in [-0.15, -0.1) is 0 Å². The van der Waals surface area contributed by atoms with E-state index in [0.717, 1.165) is 5.75 Å². The predicted octanol–water partition coefficient (Wildman–Crippen LogP) is 3.12. The van der Waals surface area contributed by atoms with Crippen molar-refractivity contribution in [2.45, 2.75) is 6.92 Å². The maximum absolute atomic E-state index is 13.3. The third kappa shape index (κ3) is 2.52. The Morgan fingerprint density at radius 2 is 2.06 bits per heavy atom. The van der Waals surface area contributed by atoms with Gasteiger partial charge in [-0.25, -0.2) is 8.78 Å². The molecule has 1 unspecified atom stereocenters. The van der Waals surface area contributed by atoms with E-state index >= 15 is 0 Å². The summed E-state index contributed by atoms with van der Waals surface area (Å²) < 4.78 is 26.6. The topological polar surface area (TPSA) is 24.4 Å². The summed E-state index contributed by atoms with van der Waals surface area (Å²) in [6.45, 7) is 2.79. The molecule has 2 nitrogen and oxygen atoms in total. The van der Waals surface area contributed by atoms with Gasteiger partial charge in [0.2, 0.25) is 0 Å². The number of nitrogens with one attached hydrogen (secondary N) is 1. The molecule has 1 atom stereocenters. The Hall–Kier alpha value is -1.10. The fourth-order valence-corrected chi connectivity index (χ4v) is 2.25. The molecule has 0 spiro atoms. The molecule has 0 radical (unpaired) electrons. The smallest absolute Gasteiger partial charge is 0.161 e. The minimum Gasteiger partial charge on any atom is -0.330 e. The molecule has 0 fully saturated rings. The largest absolute Gasteiger partial charge is 0.330 e. The van der Waals surface area contributed by atoms with Crippen molar-refractivity contribution in [2.24, 2.45) is 10.9 Å². The summed E-state index contributed by atoms with van der Waals surface area (Å²) in [5.74, 6) is 0.243. The number of halogens is 2. The first-order chi connectivity index (χ1) is 7.66. The number of aliphatic imine (C=N–C) groups is 1.